The molecule has 5 rings (SSSR count). The van der Waals surface area contributed by atoms with Gasteiger partial charge in [0.2, 0.25) is 5.91 Å². The molecule has 0 aliphatic heterocycles. The summed E-state index contributed by atoms with van der Waals surface area (Å²) in [6.07, 6.45) is 3.24. The van der Waals surface area contributed by atoms with Crippen LogP contribution in [0.1, 0.15) is 36.0 Å². The molecule has 0 bridgehead atoms. The monoisotopic (exact) mass is 653 g/mol. The topological polar surface area (TPSA) is 81.7 Å². The van der Waals surface area contributed by atoms with Crippen LogP contribution in [0.3, 0.4) is 0 Å². The van der Waals surface area contributed by atoms with E-state index in [4.69, 9.17) is 9.47 Å². The SMILES string of the molecule is Cc1cccc(OCCCOc2cccc(-c3ccccc3CC(CCCc3ccccc3)C(=O)NS(=O)(=O)c3cccs3)c2)c1. The Morgan fingerprint density at radius 3 is 2.24 bits per heavy atom. The van der Waals surface area contributed by atoms with E-state index in [9.17, 15) is 13.2 Å². The second-order valence-electron chi connectivity index (χ2n) is 11.2. The molecule has 6 nitrogen and oxygen atoms in total. The maximum absolute atomic E-state index is 13.6. The van der Waals surface area contributed by atoms with Crippen LogP contribution in [0, 0.1) is 12.8 Å². The average molecular weight is 654 g/mol. The number of hydrogen-bond acceptors (Lipinski definition) is 6. The zero-order chi connectivity index (χ0) is 32.2. The fourth-order valence-corrected chi connectivity index (χ4v) is 7.39. The van der Waals surface area contributed by atoms with Crippen molar-refractivity contribution in [2.75, 3.05) is 13.2 Å². The Morgan fingerprint density at radius 2 is 1.50 bits per heavy atom. The van der Waals surface area contributed by atoms with Gasteiger partial charge in [-0.1, -0.05) is 84.9 Å². The summed E-state index contributed by atoms with van der Waals surface area (Å²) in [6, 6.07) is 37.2. The molecule has 0 fully saturated rings. The number of benzene rings is 4. The molecule has 0 saturated carbocycles. The molecule has 0 aliphatic rings. The number of rotatable bonds is 16. The second-order valence-corrected chi connectivity index (χ2v) is 14.1. The summed E-state index contributed by atoms with van der Waals surface area (Å²) in [4.78, 5) is 13.6. The van der Waals surface area contributed by atoms with E-state index < -0.39 is 21.8 Å². The average Bonchev–Trinajstić information content (AvgIpc) is 3.62. The highest BCUT2D eigenvalue weighted by Crippen LogP contribution is 2.30. The van der Waals surface area contributed by atoms with Crippen LogP contribution in [0.25, 0.3) is 11.1 Å². The van der Waals surface area contributed by atoms with Gasteiger partial charge in [-0.15, -0.1) is 11.3 Å². The van der Waals surface area contributed by atoms with Crippen molar-refractivity contribution in [2.24, 2.45) is 5.92 Å². The molecule has 8 heteroatoms. The van der Waals surface area contributed by atoms with Crippen molar-refractivity contribution < 1.29 is 22.7 Å². The largest absolute Gasteiger partial charge is 0.493 e. The minimum atomic E-state index is -3.94. The van der Waals surface area contributed by atoms with E-state index in [-0.39, 0.29) is 4.21 Å². The van der Waals surface area contributed by atoms with Gasteiger partial charge in [-0.3, -0.25) is 4.79 Å². The van der Waals surface area contributed by atoms with Crippen molar-refractivity contribution in [2.45, 2.75) is 43.2 Å². The van der Waals surface area contributed by atoms with Gasteiger partial charge in [0, 0.05) is 12.3 Å². The van der Waals surface area contributed by atoms with Crippen LogP contribution in [-0.2, 0) is 27.7 Å². The van der Waals surface area contributed by atoms with Crippen molar-refractivity contribution in [1.82, 2.24) is 4.72 Å². The van der Waals surface area contributed by atoms with Gasteiger partial charge in [-0.25, -0.2) is 13.1 Å². The van der Waals surface area contributed by atoms with Gasteiger partial charge in [0.05, 0.1) is 13.2 Å². The summed E-state index contributed by atoms with van der Waals surface area (Å²) in [6.45, 7) is 3.11. The molecule has 1 heterocycles. The first-order valence-corrected chi connectivity index (χ1v) is 17.9. The minimum Gasteiger partial charge on any atom is -0.493 e. The van der Waals surface area contributed by atoms with Gasteiger partial charge < -0.3 is 9.47 Å². The predicted molar refractivity (Wildman–Crippen MR) is 185 cm³/mol. The maximum Gasteiger partial charge on any atom is 0.273 e. The quantitative estimate of drug-likeness (QED) is 0.109. The standard InChI is InChI=1S/C38H39NO5S2/c1-29-12-7-19-34(26-29)43-23-11-24-44-35-20-9-17-32(28-35)36-21-6-5-16-31(36)27-33(18-8-15-30-13-3-2-4-14-30)38(40)39-46(41,42)37-22-10-25-45-37/h2-7,9-10,12-14,16-17,19-22,25-26,28,33H,8,11,15,18,23-24,27H2,1H3,(H,39,40). The third kappa shape index (κ3) is 9.55. The van der Waals surface area contributed by atoms with Crippen LogP contribution in [0.2, 0.25) is 0 Å². The molecule has 1 aromatic heterocycles. The number of carbonyl (C=O) groups is 1. The van der Waals surface area contributed by atoms with Crippen LogP contribution in [-0.4, -0.2) is 27.5 Å². The Hall–Kier alpha value is -4.40. The van der Waals surface area contributed by atoms with Crippen LogP contribution >= 0.6 is 11.3 Å². The molecule has 0 saturated heterocycles. The molecular formula is C38H39NO5S2. The first kappa shape index (κ1) is 33.0. The Morgan fingerprint density at radius 1 is 0.783 bits per heavy atom. The van der Waals surface area contributed by atoms with Gasteiger partial charge in [-0.2, -0.15) is 0 Å². The molecule has 0 radical (unpaired) electrons. The highest BCUT2D eigenvalue weighted by Gasteiger charge is 2.26. The van der Waals surface area contributed by atoms with Gasteiger partial charge >= 0.3 is 0 Å². The summed E-state index contributed by atoms with van der Waals surface area (Å²) in [5.74, 6) is 0.588. The Balaban J connectivity index is 1.27. The third-order valence-electron chi connectivity index (χ3n) is 7.67. The van der Waals surface area contributed by atoms with Gasteiger partial charge in [-0.05, 0) is 96.1 Å². The number of aryl methyl sites for hydroxylation is 2. The smallest absolute Gasteiger partial charge is 0.273 e. The zero-order valence-corrected chi connectivity index (χ0v) is 27.6. The molecule has 238 valence electrons. The van der Waals surface area contributed by atoms with Crippen molar-refractivity contribution in [3.8, 4) is 22.6 Å². The molecule has 1 amide bonds. The summed E-state index contributed by atoms with van der Waals surface area (Å²) in [5, 5.41) is 1.68. The lowest BCUT2D eigenvalue weighted by Gasteiger charge is -2.19. The van der Waals surface area contributed by atoms with Crippen molar-refractivity contribution >= 4 is 27.3 Å². The zero-order valence-electron chi connectivity index (χ0n) is 25.9. The number of ether oxygens (including phenoxy) is 2. The van der Waals surface area contributed by atoms with Crippen LogP contribution in [0.15, 0.2) is 125 Å². The predicted octanol–water partition coefficient (Wildman–Crippen LogP) is 8.26. The Labute approximate surface area is 276 Å². The van der Waals surface area contributed by atoms with Crippen molar-refractivity contribution in [3.05, 3.63) is 137 Å². The summed E-state index contributed by atoms with van der Waals surface area (Å²) in [7, 11) is -3.94. The van der Waals surface area contributed by atoms with E-state index in [1.807, 2.05) is 97.9 Å². The minimum absolute atomic E-state index is 0.128. The van der Waals surface area contributed by atoms with Crippen molar-refractivity contribution in [3.63, 3.8) is 0 Å². The van der Waals surface area contributed by atoms with Crippen molar-refractivity contribution in [1.29, 1.82) is 0 Å². The summed E-state index contributed by atoms with van der Waals surface area (Å²) < 4.78 is 40.3. The van der Waals surface area contributed by atoms with Gasteiger partial charge in [0.15, 0.2) is 0 Å². The molecule has 4 aromatic carbocycles. The van der Waals surface area contributed by atoms with Gasteiger partial charge in [0.1, 0.15) is 15.7 Å². The lowest BCUT2D eigenvalue weighted by Crippen LogP contribution is -2.36. The maximum atomic E-state index is 13.6. The van der Waals surface area contributed by atoms with E-state index in [2.05, 4.69) is 16.9 Å². The van der Waals surface area contributed by atoms with Crippen LogP contribution in [0.5, 0.6) is 11.5 Å². The second kappa shape index (κ2) is 16.2. The van der Waals surface area contributed by atoms with Gasteiger partial charge in [0.25, 0.3) is 10.0 Å². The molecular weight excluding hydrogens is 615 g/mol. The molecule has 1 atom stereocenters. The fourth-order valence-electron chi connectivity index (χ4n) is 5.35. The van der Waals surface area contributed by atoms with Crippen LogP contribution in [0.4, 0.5) is 0 Å². The highest BCUT2D eigenvalue weighted by atomic mass is 32.2. The van der Waals surface area contributed by atoms with E-state index in [1.165, 1.54) is 11.6 Å². The fraction of sp³-hybridized carbons (Fsp3) is 0.237. The summed E-state index contributed by atoms with van der Waals surface area (Å²) in [5.41, 5.74) is 5.27. The van der Waals surface area contributed by atoms with E-state index in [0.29, 0.717) is 26.1 Å². The first-order chi connectivity index (χ1) is 22.4. The van der Waals surface area contributed by atoms with E-state index in [1.54, 1.807) is 11.4 Å². The summed E-state index contributed by atoms with van der Waals surface area (Å²) >= 11 is 1.09. The number of sulfonamides is 1. The third-order valence-corrected chi connectivity index (χ3v) is 10.4. The normalized spacial score (nSPS) is 11.9. The van der Waals surface area contributed by atoms with E-state index >= 15 is 0 Å². The molecule has 46 heavy (non-hydrogen) atoms. The lowest BCUT2D eigenvalue weighted by molar-refractivity contribution is -0.123. The highest BCUT2D eigenvalue weighted by molar-refractivity contribution is 7.92. The molecule has 0 spiro atoms. The molecule has 1 N–H and O–H groups in total. The molecule has 0 aliphatic carbocycles. The lowest BCUT2D eigenvalue weighted by atomic mass is 9.88. The number of hydrogen-bond donors (Lipinski definition) is 1. The molecule has 5 aromatic rings. The number of amides is 1. The first-order valence-electron chi connectivity index (χ1n) is 15.5. The van der Waals surface area contributed by atoms with E-state index in [0.717, 1.165) is 64.4 Å². The molecule has 1 unspecified atom stereocenters. The Kier molecular flexibility index (Phi) is 11.6. The number of nitrogens with one attached hydrogen (secondary N) is 1. The number of thiophene rings is 1. The Bertz CT molecular complexity index is 1800. The van der Waals surface area contributed by atoms with Crippen LogP contribution < -0.4 is 14.2 Å². The number of carbonyl (C=O) groups excluding carboxylic acids is 1.